The van der Waals surface area contributed by atoms with E-state index in [2.05, 4.69) is 29.2 Å². The second kappa shape index (κ2) is 7.48. The van der Waals surface area contributed by atoms with Gasteiger partial charge in [0.2, 0.25) is 0 Å². The molecule has 0 unspecified atom stereocenters. The zero-order valence-corrected chi connectivity index (χ0v) is 17.1. The Labute approximate surface area is 174 Å². The first kappa shape index (κ1) is 18.7. The molecule has 1 amide bonds. The van der Waals surface area contributed by atoms with Crippen LogP contribution in [0.4, 0.5) is 0 Å². The molecular weight excluding hydrogens is 374 g/mol. The van der Waals surface area contributed by atoms with Crippen molar-refractivity contribution in [2.24, 2.45) is 13.0 Å². The average molecular weight is 399 g/mol. The lowest BCUT2D eigenvalue weighted by Crippen LogP contribution is -2.39. The van der Waals surface area contributed by atoms with E-state index in [4.69, 9.17) is 0 Å². The molecule has 0 saturated carbocycles. The normalized spacial score (nSPS) is 15.2. The predicted molar refractivity (Wildman–Crippen MR) is 120 cm³/mol. The Kier molecular flexibility index (Phi) is 4.66. The highest BCUT2D eigenvalue weighted by molar-refractivity contribution is 6.07. The number of hydrogen-bond acceptors (Lipinski definition) is 2. The summed E-state index contributed by atoms with van der Waals surface area (Å²) in [5.41, 5.74) is 3.39. The molecule has 2 aromatic heterocycles. The van der Waals surface area contributed by atoms with Gasteiger partial charge in [0.25, 0.3) is 11.5 Å². The van der Waals surface area contributed by atoms with Gasteiger partial charge in [-0.25, -0.2) is 0 Å². The van der Waals surface area contributed by atoms with Crippen molar-refractivity contribution in [1.82, 2.24) is 14.5 Å². The molecule has 4 aromatic rings. The second-order valence-electron chi connectivity index (χ2n) is 8.28. The minimum atomic E-state index is -0.153. The predicted octanol–water partition coefficient (Wildman–Crippen LogP) is 4.11. The van der Waals surface area contributed by atoms with Crippen molar-refractivity contribution in [2.45, 2.75) is 19.3 Å². The zero-order valence-electron chi connectivity index (χ0n) is 17.1. The van der Waals surface area contributed by atoms with Crippen LogP contribution < -0.4 is 5.56 Å². The summed E-state index contributed by atoms with van der Waals surface area (Å²) in [4.78, 5) is 30.7. The topological polar surface area (TPSA) is 58.1 Å². The molecule has 2 aromatic carbocycles. The smallest absolute Gasteiger partial charge is 0.270 e. The maximum Gasteiger partial charge on any atom is 0.270 e. The van der Waals surface area contributed by atoms with Crippen LogP contribution in [0, 0.1) is 5.92 Å². The molecule has 1 saturated heterocycles. The van der Waals surface area contributed by atoms with Gasteiger partial charge in [0.1, 0.15) is 5.69 Å². The number of carbonyl (C=O) groups excluding carboxylic acids is 1. The number of aromatic amines is 1. The number of para-hydroxylation sites is 1. The molecule has 1 aliphatic rings. The number of piperidine rings is 1. The lowest BCUT2D eigenvalue weighted by Gasteiger charge is -2.32. The molecule has 1 N–H and O–H groups in total. The number of aryl methyl sites for hydroxylation is 1. The average Bonchev–Trinajstić information content (AvgIpc) is 3.13. The molecule has 0 atom stereocenters. The minimum Gasteiger partial charge on any atom is -0.339 e. The monoisotopic (exact) mass is 399 g/mol. The molecule has 1 fully saturated rings. The van der Waals surface area contributed by atoms with E-state index in [0.717, 1.165) is 48.8 Å². The largest absolute Gasteiger partial charge is 0.339 e. The highest BCUT2D eigenvalue weighted by atomic mass is 16.2. The third-order valence-corrected chi connectivity index (χ3v) is 6.40. The number of carbonyl (C=O) groups is 1. The summed E-state index contributed by atoms with van der Waals surface area (Å²) in [6.45, 7) is 1.52. The number of nitrogens with one attached hydrogen (secondary N) is 1. The van der Waals surface area contributed by atoms with Gasteiger partial charge in [-0.1, -0.05) is 48.5 Å². The first-order chi connectivity index (χ1) is 14.6. The van der Waals surface area contributed by atoms with Gasteiger partial charge >= 0.3 is 0 Å². The van der Waals surface area contributed by atoms with Crippen LogP contribution in [0.1, 0.15) is 28.9 Å². The summed E-state index contributed by atoms with van der Waals surface area (Å²) in [5.74, 6) is 0.617. The fourth-order valence-electron chi connectivity index (χ4n) is 4.74. The summed E-state index contributed by atoms with van der Waals surface area (Å²) in [6.07, 6.45) is 3.08. The maximum atomic E-state index is 13.3. The Balaban J connectivity index is 1.39. The van der Waals surface area contributed by atoms with Crippen molar-refractivity contribution in [3.8, 4) is 0 Å². The van der Waals surface area contributed by atoms with Crippen LogP contribution in [0.2, 0.25) is 0 Å². The van der Waals surface area contributed by atoms with Crippen LogP contribution >= 0.6 is 0 Å². The van der Waals surface area contributed by atoms with E-state index in [0.29, 0.717) is 17.0 Å². The van der Waals surface area contributed by atoms with Crippen molar-refractivity contribution in [3.63, 3.8) is 0 Å². The van der Waals surface area contributed by atoms with Gasteiger partial charge in [-0.3, -0.25) is 9.59 Å². The van der Waals surface area contributed by atoms with Crippen molar-refractivity contribution in [1.29, 1.82) is 0 Å². The number of hydrogen-bond donors (Lipinski definition) is 1. The quantitative estimate of drug-likeness (QED) is 0.564. The van der Waals surface area contributed by atoms with E-state index in [1.165, 1.54) is 5.56 Å². The van der Waals surface area contributed by atoms with Crippen LogP contribution in [0.15, 0.2) is 65.5 Å². The Morgan fingerprint density at radius 3 is 2.47 bits per heavy atom. The van der Waals surface area contributed by atoms with Crippen LogP contribution in [0.3, 0.4) is 0 Å². The number of rotatable bonds is 3. The van der Waals surface area contributed by atoms with Crippen LogP contribution in [0.25, 0.3) is 21.8 Å². The number of pyridine rings is 1. The van der Waals surface area contributed by atoms with E-state index in [9.17, 15) is 9.59 Å². The summed E-state index contributed by atoms with van der Waals surface area (Å²) in [6, 6.07) is 20.0. The Morgan fingerprint density at radius 1 is 1.00 bits per heavy atom. The Bertz CT molecular complexity index is 1280. The van der Waals surface area contributed by atoms with Crippen molar-refractivity contribution >= 4 is 27.7 Å². The molecule has 0 bridgehead atoms. The highest BCUT2D eigenvalue weighted by Gasteiger charge is 2.26. The number of nitrogens with zero attached hydrogens (tertiary/aromatic N) is 2. The fourth-order valence-corrected chi connectivity index (χ4v) is 4.74. The molecular formula is C25H25N3O2. The van der Waals surface area contributed by atoms with Gasteiger partial charge in [-0.05, 0) is 42.9 Å². The molecule has 0 spiro atoms. The maximum absolute atomic E-state index is 13.3. The minimum absolute atomic E-state index is 0.00958. The third kappa shape index (κ3) is 3.20. The fraction of sp³-hybridized carbons (Fsp3) is 0.280. The van der Waals surface area contributed by atoms with Gasteiger partial charge in [-0.15, -0.1) is 0 Å². The van der Waals surface area contributed by atoms with E-state index in [1.54, 1.807) is 6.07 Å². The molecule has 0 radical (unpaired) electrons. The first-order valence-corrected chi connectivity index (χ1v) is 10.6. The van der Waals surface area contributed by atoms with Gasteiger partial charge in [-0.2, -0.15) is 0 Å². The first-order valence-electron chi connectivity index (χ1n) is 10.6. The van der Waals surface area contributed by atoms with E-state index < -0.39 is 0 Å². The Morgan fingerprint density at radius 2 is 1.70 bits per heavy atom. The lowest BCUT2D eigenvalue weighted by molar-refractivity contribution is 0.0681. The van der Waals surface area contributed by atoms with Crippen molar-refractivity contribution in [3.05, 3.63) is 82.3 Å². The highest BCUT2D eigenvalue weighted by Crippen LogP contribution is 2.27. The van der Waals surface area contributed by atoms with E-state index in [1.807, 2.05) is 46.8 Å². The molecule has 0 aliphatic carbocycles. The molecule has 5 nitrogen and oxygen atoms in total. The van der Waals surface area contributed by atoms with E-state index in [-0.39, 0.29) is 11.5 Å². The summed E-state index contributed by atoms with van der Waals surface area (Å²) in [7, 11) is 1.88. The van der Waals surface area contributed by atoms with Crippen molar-refractivity contribution in [2.75, 3.05) is 13.1 Å². The molecule has 5 heteroatoms. The molecule has 1 aliphatic heterocycles. The zero-order chi connectivity index (χ0) is 20.7. The number of H-pyrrole nitrogens is 1. The Hall–Kier alpha value is -3.34. The SMILES string of the molecule is Cn1c(C(=O)N2CCC(Cc3ccccc3)CC2)cc2c(=O)[nH]c3ccccc3c21. The van der Waals surface area contributed by atoms with Crippen LogP contribution in [-0.4, -0.2) is 33.4 Å². The number of likely N-dealkylation sites (tertiary alicyclic amines) is 1. The van der Waals surface area contributed by atoms with E-state index >= 15 is 0 Å². The van der Waals surface area contributed by atoms with Crippen LogP contribution in [0.5, 0.6) is 0 Å². The molecule has 30 heavy (non-hydrogen) atoms. The molecule has 152 valence electrons. The molecule has 5 rings (SSSR count). The summed E-state index contributed by atoms with van der Waals surface area (Å²) < 4.78 is 1.88. The van der Waals surface area contributed by atoms with Gasteiger partial charge in [0.15, 0.2) is 0 Å². The van der Waals surface area contributed by atoms with Gasteiger partial charge in [0, 0.05) is 25.5 Å². The van der Waals surface area contributed by atoms with Crippen LogP contribution in [-0.2, 0) is 13.5 Å². The van der Waals surface area contributed by atoms with Gasteiger partial charge in [0.05, 0.1) is 16.4 Å². The number of benzene rings is 2. The standard InChI is InChI=1S/C25H25N3O2/c1-27-22(16-20-23(27)19-9-5-6-10-21(19)26-24(20)29)25(30)28-13-11-18(12-14-28)15-17-7-3-2-4-8-17/h2-10,16,18H,11-15H2,1H3,(H,26,29). The molecule has 3 heterocycles. The number of aromatic nitrogens is 2. The third-order valence-electron chi connectivity index (χ3n) is 6.40. The van der Waals surface area contributed by atoms with Gasteiger partial charge < -0.3 is 14.5 Å². The summed E-state index contributed by atoms with van der Waals surface area (Å²) in [5, 5.41) is 1.52. The lowest BCUT2D eigenvalue weighted by atomic mass is 9.90. The summed E-state index contributed by atoms with van der Waals surface area (Å²) >= 11 is 0. The van der Waals surface area contributed by atoms with Crippen molar-refractivity contribution < 1.29 is 4.79 Å². The number of amides is 1. The number of fused-ring (bicyclic) bond motifs is 3. The second-order valence-corrected chi connectivity index (χ2v) is 8.28.